The van der Waals surface area contributed by atoms with Gasteiger partial charge in [0.1, 0.15) is 38.9 Å². The predicted octanol–water partition coefficient (Wildman–Crippen LogP) is 10.1. The molecule has 13 heteroatoms. The molecule has 0 aliphatic rings. The van der Waals surface area contributed by atoms with E-state index in [1.165, 1.54) is 118 Å². The molecule has 4 aromatic rings. The van der Waals surface area contributed by atoms with E-state index < -0.39 is 20.2 Å². The van der Waals surface area contributed by atoms with Gasteiger partial charge in [-0.1, -0.05) is 103 Å². The smallest absolute Gasteiger partial charge is 0.872 e. The van der Waals surface area contributed by atoms with Crippen molar-refractivity contribution in [1.82, 2.24) is 0 Å². The maximum atomic E-state index is 11.6. The molecule has 0 atom stereocenters. The average molecular weight is 823 g/mol. The van der Waals surface area contributed by atoms with Crippen LogP contribution in [-0.2, 0) is 33.1 Å². The van der Waals surface area contributed by atoms with E-state index in [9.17, 15) is 36.2 Å². The summed E-state index contributed by atoms with van der Waals surface area (Å²) in [6.07, 6.45) is 17.7. The molecule has 4 aromatic carbocycles. The fraction of sp³-hybridized carbons (Fsp3) is 0.429. The van der Waals surface area contributed by atoms with Crippen LogP contribution in [0.5, 0.6) is 34.5 Å². The zero-order chi connectivity index (χ0) is 39.4. The zero-order valence-corrected chi connectivity index (χ0v) is 35.9. The molecular weight excluding hydrogens is 769 g/mol. The number of aryl methyl sites for hydroxylation is 2. The van der Waals surface area contributed by atoms with Crippen LogP contribution in [0.15, 0.2) is 94.7 Å². The molecular formula is C42H54CaO10S2. The second-order valence-electron chi connectivity index (χ2n) is 13.5. The minimum Gasteiger partial charge on any atom is -0.872 e. The molecule has 0 heterocycles. The number of phenolic OH excluding ortho intramolecular Hbond substituents is 1. The van der Waals surface area contributed by atoms with Crippen molar-refractivity contribution in [1.29, 1.82) is 0 Å². The Bertz CT molecular complexity index is 1770. The molecule has 0 bridgehead atoms. The largest absolute Gasteiger partial charge is 2.00 e. The fourth-order valence-electron chi connectivity index (χ4n) is 5.83. The Kier molecular flexibility index (Phi) is 22.3. The number of phenols is 1. The van der Waals surface area contributed by atoms with Crippen molar-refractivity contribution in [2.24, 2.45) is 0 Å². The fourth-order valence-corrected chi connectivity index (χ4v) is 6.95. The predicted molar refractivity (Wildman–Crippen MR) is 214 cm³/mol. The third-order valence-electron chi connectivity index (χ3n) is 8.74. The topological polar surface area (TPSA) is 173 Å². The van der Waals surface area contributed by atoms with E-state index in [1.807, 2.05) is 0 Å². The first kappa shape index (κ1) is 48.3. The summed E-state index contributed by atoms with van der Waals surface area (Å²) >= 11 is 0. The molecule has 55 heavy (non-hydrogen) atoms. The number of hydrogen-bond acceptors (Lipinski definition) is 9. The summed E-state index contributed by atoms with van der Waals surface area (Å²) in [6.45, 7) is 4.38. The molecule has 10 nitrogen and oxygen atoms in total. The second kappa shape index (κ2) is 25.4. The quantitative estimate of drug-likeness (QED) is 0.0441. The van der Waals surface area contributed by atoms with Crippen LogP contribution in [-0.4, -0.2) is 68.8 Å². The average Bonchev–Trinajstić information content (AvgIpc) is 3.12. The van der Waals surface area contributed by atoms with Gasteiger partial charge in [0, 0.05) is 6.07 Å². The summed E-state index contributed by atoms with van der Waals surface area (Å²) in [5.74, 6) is 1.49. The van der Waals surface area contributed by atoms with Crippen molar-refractivity contribution >= 4 is 58.0 Å². The van der Waals surface area contributed by atoms with E-state index >= 15 is 0 Å². The normalized spacial score (nSPS) is 11.3. The monoisotopic (exact) mass is 822 g/mol. The zero-order valence-electron chi connectivity index (χ0n) is 32.1. The van der Waals surface area contributed by atoms with Crippen LogP contribution in [0.3, 0.4) is 0 Å². The summed E-state index contributed by atoms with van der Waals surface area (Å²) in [5.41, 5.74) is 1.57. The first-order valence-electron chi connectivity index (χ1n) is 18.9. The molecule has 0 aliphatic carbocycles. The Hall–Kier alpha value is -2.84. The van der Waals surface area contributed by atoms with Gasteiger partial charge in [-0.05, 0) is 104 Å². The molecule has 296 valence electrons. The Morgan fingerprint density at radius 3 is 1.33 bits per heavy atom. The number of benzene rings is 4. The van der Waals surface area contributed by atoms with E-state index in [-0.39, 0.29) is 64.8 Å². The summed E-state index contributed by atoms with van der Waals surface area (Å²) in [4.78, 5) is -0.463. The third-order valence-corrected chi connectivity index (χ3v) is 10.4. The van der Waals surface area contributed by atoms with Gasteiger partial charge in [-0.2, -0.15) is 8.42 Å². The summed E-state index contributed by atoms with van der Waals surface area (Å²) in [6, 6.07) is 20.9. The molecule has 2 N–H and O–H groups in total. The van der Waals surface area contributed by atoms with Gasteiger partial charge >= 0.3 is 37.7 Å². The number of ether oxygens (including phenoxy) is 2. The molecule has 4 rings (SSSR count). The maximum Gasteiger partial charge on any atom is 2.00 e. The second-order valence-corrected chi connectivity index (χ2v) is 16.3. The van der Waals surface area contributed by atoms with Gasteiger partial charge in [-0.15, -0.1) is 5.75 Å². The van der Waals surface area contributed by atoms with E-state index in [0.29, 0.717) is 23.7 Å². The van der Waals surface area contributed by atoms with Gasteiger partial charge in [0.2, 0.25) is 0 Å². The molecule has 0 fully saturated rings. The Balaban J connectivity index is 0.000000373. The molecule has 0 amide bonds. The van der Waals surface area contributed by atoms with Crippen molar-refractivity contribution < 1.29 is 45.6 Å². The van der Waals surface area contributed by atoms with Gasteiger partial charge in [-0.25, -0.2) is 8.42 Å². The van der Waals surface area contributed by atoms with Crippen LogP contribution in [0.1, 0.15) is 115 Å². The van der Waals surface area contributed by atoms with Crippen molar-refractivity contribution in [2.75, 3.05) is 0 Å². The van der Waals surface area contributed by atoms with Crippen molar-refractivity contribution in [2.45, 2.75) is 126 Å². The van der Waals surface area contributed by atoms with Gasteiger partial charge < -0.3 is 24.2 Å². The Morgan fingerprint density at radius 2 is 0.909 bits per heavy atom. The van der Waals surface area contributed by atoms with Crippen molar-refractivity contribution in [3.05, 3.63) is 96.1 Å². The number of aromatic hydroxyl groups is 1. The first-order chi connectivity index (χ1) is 25.8. The van der Waals surface area contributed by atoms with Crippen LogP contribution < -0.4 is 14.6 Å². The first-order valence-corrected chi connectivity index (χ1v) is 21.7. The minimum atomic E-state index is -4.57. The van der Waals surface area contributed by atoms with E-state index in [1.54, 1.807) is 24.3 Å². The molecule has 0 aromatic heterocycles. The molecule has 0 saturated carbocycles. The molecule has 0 unspecified atom stereocenters. The van der Waals surface area contributed by atoms with Gasteiger partial charge in [0.25, 0.3) is 10.1 Å². The van der Waals surface area contributed by atoms with Gasteiger partial charge in [0.15, 0.2) is 0 Å². The van der Waals surface area contributed by atoms with Crippen molar-refractivity contribution in [3.8, 4) is 34.5 Å². The van der Waals surface area contributed by atoms with E-state index in [2.05, 4.69) is 13.8 Å². The van der Waals surface area contributed by atoms with Crippen LogP contribution in [0, 0.1) is 0 Å². The molecule has 0 saturated heterocycles. The minimum absolute atomic E-state index is 0. The summed E-state index contributed by atoms with van der Waals surface area (Å²) in [7, 11) is -8.88. The number of rotatable bonds is 22. The van der Waals surface area contributed by atoms with Crippen LogP contribution >= 0.6 is 0 Å². The van der Waals surface area contributed by atoms with Crippen LogP contribution in [0.25, 0.3) is 0 Å². The molecule has 0 radical (unpaired) electrons. The van der Waals surface area contributed by atoms with Gasteiger partial charge in [0.05, 0.1) is 9.79 Å². The Morgan fingerprint density at radius 1 is 0.527 bits per heavy atom. The van der Waals surface area contributed by atoms with Crippen molar-refractivity contribution in [3.63, 3.8) is 0 Å². The number of hydrogen-bond donors (Lipinski definition) is 2. The standard InChI is InChI=1S/2C21H28O5S.Ca/c2*1-2-3-4-5-6-7-8-9-17-14-20(16-21(15-17)27(23,24)25)26-19-12-10-18(22)11-13-19;/h2*10-16,22H,2-9H2,1H3,(H,23,24,25);/q;;+2/p-2. The van der Waals surface area contributed by atoms with E-state index in [4.69, 9.17) is 9.47 Å². The maximum absolute atomic E-state index is 11.6. The van der Waals surface area contributed by atoms with Crippen LogP contribution in [0.2, 0.25) is 0 Å². The third kappa shape index (κ3) is 19.7. The SMILES string of the molecule is CCCCCCCCCc1cc(Oc2ccc(O)cc2)cc(S(=O)(=O)O)c1.CCCCCCCCCc1cc(Oc2ccc([O-])cc2)cc(S(=O)(=O)[O-])c1.[Ca+2]. The van der Waals surface area contributed by atoms with Gasteiger partial charge in [-0.3, -0.25) is 4.55 Å². The summed E-state index contributed by atoms with van der Waals surface area (Å²) < 4.78 is 78.3. The summed E-state index contributed by atoms with van der Waals surface area (Å²) in [5, 5.41) is 20.5. The number of unbranched alkanes of at least 4 members (excludes halogenated alkanes) is 12. The van der Waals surface area contributed by atoms with E-state index in [0.717, 1.165) is 49.7 Å². The molecule has 0 aliphatic heterocycles. The van der Waals surface area contributed by atoms with Crippen LogP contribution in [0.4, 0.5) is 0 Å². The Labute approximate surface area is 357 Å². The molecule has 0 spiro atoms.